The van der Waals surface area contributed by atoms with Gasteiger partial charge in [0.1, 0.15) is 22.1 Å². The van der Waals surface area contributed by atoms with Crippen LogP contribution in [-0.4, -0.2) is 46.1 Å². The summed E-state index contributed by atoms with van der Waals surface area (Å²) < 4.78 is 6.24. The number of nitrogens with one attached hydrogen (secondary N) is 1. The summed E-state index contributed by atoms with van der Waals surface area (Å²) in [5, 5.41) is 2.97. The third kappa shape index (κ3) is 3.64. The van der Waals surface area contributed by atoms with Gasteiger partial charge >= 0.3 is 6.09 Å². The van der Waals surface area contributed by atoms with Crippen molar-refractivity contribution in [3.8, 4) is 0 Å². The molecule has 28 heavy (non-hydrogen) atoms. The van der Waals surface area contributed by atoms with Gasteiger partial charge in [-0.25, -0.2) is 9.78 Å². The van der Waals surface area contributed by atoms with Crippen LogP contribution in [0, 0.1) is 5.41 Å². The molecule has 8 heteroatoms. The molecule has 0 bridgehead atoms. The molecule has 3 N–H and O–H groups in total. The standard InChI is InChI=1S/C20H27BrN4O3/c1-19(2,3)28-18(27)25-13(8-20(10-22)9-14(20)25)17(26)24-16-12(11-4-5-11)6-7-15(21)23-16/h6-7,11,13-14H,4-5,8-10,22H2,1-3H3,(H,23,24,26)/t13-,14+,20-/m0/s1. The fourth-order valence-electron chi connectivity index (χ4n) is 4.20. The summed E-state index contributed by atoms with van der Waals surface area (Å²) in [5.41, 5.74) is 6.25. The number of nitrogens with two attached hydrogens (primary N) is 1. The molecule has 3 aliphatic rings. The van der Waals surface area contributed by atoms with Crippen molar-refractivity contribution in [3.05, 3.63) is 22.3 Å². The number of amides is 2. The van der Waals surface area contributed by atoms with Gasteiger partial charge in [-0.15, -0.1) is 0 Å². The Labute approximate surface area is 173 Å². The minimum absolute atomic E-state index is 0.0264. The summed E-state index contributed by atoms with van der Waals surface area (Å²) in [7, 11) is 0. The molecule has 0 radical (unpaired) electrons. The van der Waals surface area contributed by atoms with Crippen LogP contribution in [0.3, 0.4) is 0 Å². The van der Waals surface area contributed by atoms with Crippen LogP contribution in [0.1, 0.15) is 57.9 Å². The maximum atomic E-state index is 13.2. The highest BCUT2D eigenvalue weighted by Crippen LogP contribution is 2.59. The van der Waals surface area contributed by atoms with E-state index in [0.717, 1.165) is 24.8 Å². The number of halogens is 1. The number of piperidine rings is 1. The molecule has 0 unspecified atom stereocenters. The summed E-state index contributed by atoms with van der Waals surface area (Å²) >= 11 is 3.38. The summed E-state index contributed by atoms with van der Waals surface area (Å²) in [4.78, 5) is 32.1. The molecule has 7 nitrogen and oxygen atoms in total. The SMILES string of the molecule is CC(C)(C)OC(=O)N1[C@H](C(=O)Nc2nc(Br)ccc2C2CC2)C[C@@]2(CN)C[C@@H]12. The third-order valence-electron chi connectivity index (χ3n) is 5.88. The van der Waals surface area contributed by atoms with Gasteiger partial charge in [0.2, 0.25) is 5.91 Å². The number of likely N-dealkylation sites (tertiary alicyclic amines) is 1. The Kier molecular flexibility index (Phi) is 4.69. The fourth-order valence-corrected chi connectivity index (χ4v) is 4.51. The van der Waals surface area contributed by atoms with Gasteiger partial charge in [-0.3, -0.25) is 9.69 Å². The van der Waals surface area contributed by atoms with E-state index < -0.39 is 17.7 Å². The van der Waals surface area contributed by atoms with Crippen molar-refractivity contribution in [1.82, 2.24) is 9.88 Å². The molecule has 4 rings (SSSR count). The Morgan fingerprint density at radius 3 is 2.68 bits per heavy atom. The molecule has 3 fully saturated rings. The van der Waals surface area contributed by atoms with Crippen LogP contribution in [0.25, 0.3) is 0 Å². The van der Waals surface area contributed by atoms with Gasteiger partial charge in [-0.1, -0.05) is 6.07 Å². The van der Waals surface area contributed by atoms with Crippen molar-refractivity contribution in [3.63, 3.8) is 0 Å². The van der Waals surface area contributed by atoms with E-state index in [0.29, 0.717) is 29.3 Å². The van der Waals surface area contributed by atoms with Gasteiger partial charge in [-0.05, 0) is 79.9 Å². The number of pyridine rings is 1. The maximum Gasteiger partial charge on any atom is 0.411 e. The average Bonchev–Trinajstić information content (AvgIpc) is 3.51. The number of hydrogen-bond donors (Lipinski definition) is 2. The summed E-state index contributed by atoms with van der Waals surface area (Å²) in [5.74, 6) is 0.803. The minimum atomic E-state index is -0.619. The van der Waals surface area contributed by atoms with Crippen LogP contribution in [-0.2, 0) is 9.53 Å². The van der Waals surface area contributed by atoms with Crippen molar-refractivity contribution in [1.29, 1.82) is 0 Å². The molecular formula is C20H27BrN4O3. The van der Waals surface area contributed by atoms with Crippen molar-refractivity contribution < 1.29 is 14.3 Å². The number of rotatable bonds is 4. The Morgan fingerprint density at radius 1 is 1.36 bits per heavy atom. The monoisotopic (exact) mass is 450 g/mol. The Morgan fingerprint density at radius 2 is 2.07 bits per heavy atom. The molecule has 152 valence electrons. The van der Waals surface area contributed by atoms with Crippen molar-refractivity contribution in [2.45, 2.75) is 70.1 Å². The maximum absolute atomic E-state index is 13.2. The predicted octanol–water partition coefficient (Wildman–Crippen LogP) is 3.39. The van der Waals surface area contributed by atoms with Crippen molar-refractivity contribution in [2.75, 3.05) is 11.9 Å². The van der Waals surface area contributed by atoms with Gasteiger partial charge in [-0.2, -0.15) is 0 Å². The van der Waals surface area contributed by atoms with Crippen LogP contribution in [0.2, 0.25) is 0 Å². The van der Waals surface area contributed by atoms with Gasteiger partial charge in [0, 0.05) is 18.0 Å². The van der Waals surface area contributed by atoms with E-state index in [4.69, 9.17) is 10.5 Å². The minimum Gasteiger partial charge on any atom is -0.444 e. The first-order valence-electron chi connectivity index (χ1n) is 9.82. The van der Waals surface area contributed by atoms with E-state index in [1.54, 1.807) is 4.90 Å². The smallest absolute Gasteiger partial charge is 0.411 e. The largest absolute Gasteiger partial charge is 0.444 e. The Balaban J connectivity index is 1.56. The first kappa shape index (κ1) is 19.6. The fraction of sp³-hybridized carbons (Fsp3) is 0.650. The molecule has 0 spiro atoms. The zero-order valence-corrected chi connectivity index (χ0v) is 18.1. The highest BCUT2D eigenvalue weighted by molar-refractivity contribution is 9.10. The molecule has 0 aromatic carbocycles. The van der Waals surface area contributed by atoms with Gasteiger partial charge in [0.15, 0.2) is 0 Å². The lowest BCUT2D eigenvalue weighted by molar-refractivity contribution is -0.121. The number of nitrogens with zero attached hydrogens (tertiary/aromatic N) is 2. The number of hydrogen-bond acceptors (Lipinski definition) is 5. The van der Waals surface area contributed by atoms with Crippen LogP contribution < -0.4 is 11.1 Å². The highest BCUT2D eigenvalue weighted by Gasteiger charge is 2.67. The molecule has 2 aliphatic carbocycles. The molecule has 2 amide bonds. The van der Waals surface area contributed by atoms with Crippen molar-refractivity contribution >= 4 is 33.7 Å². The molecule has 3 atom stereocenters. The normalized spacial score (nSPS) is 28.7. The first-order valence-corrected chi connectivity index (χ1v) is 10.6. The number of carbonyl (C=O) groups is 2. The van der Waals surface area contributed by atoms with Gasteiger partial charge in [0.25, 0.3) is 0 Å². The van der Waals surface area contributed by atoms with E-state index in [9.17, 15) is 9.59 Å². The van der Waals surface area contributed by atoms with E-state index >= 15 is 0 Å². The lowest BCUT2D eigenvalue weighted by Crippen LogP contribution is -2.47. The summed E-state index contributed by atoms with van der Waals surface area (Å²) in [6.07, 6.45) is 3.16. The van der Waals surface area contributed by atoms with Crippen LogP contribution in [0.4, 0.5) is 10.6 Å². The van der Waals surface area contributed by atoms with E-state index in [1.807, 2.05) is 32.9 Å². The number of carbonyl (C=O) groups excluding carboxylic acids is 2. The van der Waals surface area contributed by atoms with Crippen LogP contribution in [0.5, 0.6) is 0 Å². The van der Waals surface area contributed by atoms with Crippen LogP contribution in [0.15, 0.2) is 16.7 Å². The molecular weight excluding hydrogens is 424 g/mol. The number of anilines is 1. The second-order valence-corrected chi connectivity index (χ2v) is 10.0. The Hall–Kier alpha value is -1.67. The topological polar surface area (TPSA) is 97.5 Å². The zero-order chi connectivity index (χ0) is 20.3. The van der Waals surface area contributed by atoms with E-state index in [1.165, 1.54) is 0 Å². The zero-order valence-electron chi connectivity index (χ0n) is 16.5. The lowest BCUT2D eigenvalue weighted by Gasteiger charge is -2.30. The van der Waals surface area contributed by atoms with Crippen LogP contribution >= 0.6 is 15.9 Å². The molecule has 1 aromatic heterocycles. The number of aromatic nitrogens is 1. The number of ether oxygens (including phenoxy) is 1. The second kappa shape index (κ2) is 6.69. The molecule has 2 heterocycles. The number of fused-ring (bicyclic) bond motifs is 1. The molecule has 1 aliphatic heterocycles. The third-order valence-corrected chi connectivity index (χ3v) is 6.32. The highest BCUT2D eigenvalue weighted by atomic mass is 79.9. The molecule has 1 saturated heterocycles. The quantitative estimate of drug-likeness (QED) is 0.684. The average molecular weight is 451 g/mol. The lowest BCUT2D eigenvalue weighted by atomic mass is 9.99. The second-order valence-electron chi connectivity index (χ2n) is 9.23. The molecule has 1 aromatic rings. The predicted molar refractivity (Wildman–Crippen MR) is 109 cm³/mol. The van der Waals surface area contributed by atoms with E-state index in [-0.39, 0.29) is 17.4 Å². The van der Waals surface area contributed by atoms with Gasteiger partial charge < -0.3 is 15.8 Å². The van der Waals surface area contributed by atoms with Gasteiger partial charge in [0.05, 0.1) is 0 Å². The first-order chi connectivity index (χ1) is 13.1. The van der Waals surface area contributed by atoms with E-state index in [2.05, 4.69) is 26.2 Å². The molecule has 2 saturated carbocycles. The summed E-state index contributed by atoms with van der Waals surface area (Å²) in [6, 6.07) is 3.28. The summed E-state index contributed by atoms with van der Waals surface area (Å²) in [6.45, 7) is 5.94. The van der Waals surface area contributed by atoms with Crippen molar-refractivity contribution in [2.24, 2.45) is 11.1 Å². The Bertz CT molecular complexity index is 820.